The third-order valence-electron chi connectivity index (χ3n) is 9.44. The predicted octanol–water partition coefficient (Wildman–Crippen LogP) is 5.95. The van der Waals surface area contributed by atoms with Crippen molar-refractivity contribution in [1.82, 2.24) is 0 Å². The Kier molecular flexibility index (Phi) is 4.39. The van der Waals surface area contributed by atoms with Crippen molar-refractivity contribution < 1.29 is 9.53 Å². The zero-order chi connectivity index (χ0) is 19.7. The molecule has 4 heteroatoms. The lowest BCUT2D eigenvalue weighted by Gasteiger charge is -2.60. The van der Waals surface area contributed by atoms with Crippen LogP contribution in [0.15, 0.2) is 0 Å². The highest BCUT2D eigenvalue weighted by Crippen LogP contribution is 2.66. The molecule has 0 bridgehead atoms. The predicted molar refractivity (Wildman–Crippen MR) is 115 cm³/mol. The largest absolute Gasteiger partial charge is 0.462 e. The van der Waals surface area contributed by atoms with Crippen molar-refractivity contribution in [2.24, 2.45) is 29.1 Å². The number of nitrogen functional groups attached to an aromatic ring is 1. The summed E-state index contributed by atoms with van der Waals surface area (Å²) in [7, 11) is 0. The molecule has 1 heterocycles. The van der Waals surface area contributed by atoms with E-state index in [9.17, 15) is 4.79 Å². The first kappa shape index (κ1) is 19.0. The van der Waals surface area contributed by atoms with E-state index in [1.165, 1.54) is 61.8 Å². The molecule has 3 nitrogen and oxygen atoms in total. The lowest BCUT2D eigenvalue weighted by Crippen LogP contribution is -2.53. The molecule has 4 aliphatic rings. The van der Waals surface area contributed by atoms with Crippen molar-refractivity contribution in [2.45, 2.75) is 84.0 Å². The number of esters is 1. The zero-order valence-corrected chi connectivity index (χ0v) is 18.5. The molecule has 0 aromatic carbocycles. The average Bonchev–Trinajstić information content (AvgIpc) is 3.14. The third kappa shape index (κ3) is 2.42. The van der Waals surface area contributed by atoms with Crippen LogP contribution in [0.2, 0.25) is 0 Å². The second kappa shape index (κ2) is 6.48. The number of ether oxygens (including phenoxy) is 1. The normalized spacial score (nSPS) is 41.5. The molecule has 28 heavy (non-hydrogen) atoms. The number of hydrogen-bond acceptors (Lipinski definition) is 4. The Morgan fingerprint density at radius 3 is 2.75 bits per heavy atom. The average molecular weight is 402 g/mol. The van der Waals surface area contributed by atoms with Crippen molar-refractivity contribution in [3.8, 4) is 0 Å². The minimum Gasteiger partial charge on any atom is -0.462 e. The number of thiophene rings is 1. The molecule has 0 radical (unpaired) electrons. The molecule has 5 rings (SSSR count). The number of rotatable bonds is 2. The van der Waals surface area contributed by atoms with Crippen LogP contribution in [-0.2, 0) is 16.6 Å². The summed E-state index contributed by atoms with van der Waals surface area (Å²) in [6, 6.07) is 0. The Hall–Kier alpha value is -1.03. The smallest absolute Gasteiger partial charge is 0.341 e. The van der Waals surface area contributed by atoms with Crippen LogP contribution >= 0.6 is 11.3 Å². The van der Waals surface area contributed by atoms with Crippen molar-refractivity contribution in [3.05, 3.63) is 16.0 Å². The molecule has 0 amide bonds. The Labute approximate surface area is 173 Å². The van der Waals surface area contributed by atoms with Gasteiger partial charge < -0.3 is 10.5 Å². The molecule has 2 N–H and O–H groups in total. The number of fused-ring (bicyclic) bond motifs is 7. The standard InChI is InChI=1S/C24H35NO2S/c1-4-27-22(26)19-20-18(28-21(19)25)13-17-15-9-8-14-7-5-6-11-23(14,2)16(15)10-12-24(17,20)3/h14-17H,4-13,25H2,1-3H3. The van der Waals surface area contributed by atoms with Crippen molar-refractivity contribution in [2.75, 3.05) is 12.3 Å². The van der Waals surface area contributed by atoms with E-state index in [-0.39, 0.29) is 11.4 Å². The highest BCUT2D eigenvalue weighted by molar-refractivity contribution is 7.16. The van der Waals surface area contributed by atoms with Crippen molar-refractivity contribution >= 4 is 22.3 Å². The van der Waals surface area contributed by atoms with Gasteiger partial charge >= 0.3 is 5.97 Å². The van der Waals surface area contributed by atoms with Crippen LogP contribution in [0.1, 0.15) is 92.9 Å². The summed E-state index contributed by atoms with van der Waals surface area (Å²) in [5.74, 6) is 3.12. The fourth-order valence-corrected chi connectivity index (χ4v) is 9.41. The van der Waals surface area contributed by atoms with E-state index in [2.05, 4.69) is 13.8 Å². The number of nitrogens with two attached hydrogens (primary N) is 1. The number of hydrogen-bond donors (Lipinski definition) is 1. The highest BCUT2D eigenvalue weighted by Gasteiger charge is 2.59. The molecule has 1 aromatic rings. The van der Waals surface area contributed by atoms with E-state index in [1.54, 1.807) is 11.3 Å². The van der Waals surface area contributed by atoms with Crippen LogP contribution in [0.5, 0.6) is 0 Å². The summed E-state index contributed by atoms with van der Waals surface area (Å²) in [6.07, 6.45) is 12.2. The van der Waals surface area contributed by atoms with Crippen LogP contribution < -0.4 is 5.73 Å². The van der Waals surface area contributed by atoms with Crippen LogP contribution in [-0.4, -0.2) is 12.6 Å². The van der Waals surface area contributed by atoms with Gasteiger partial charge in [-0.05, 0) is 91.9 Å². The first-order chi connectivity index (χ1) is 13.4. The van der Waals surface area contributed by atoms with Crippen LogP contribution in [0.25, 0.3) is 0 Å². The lowest BCUT2D eigenvalue weighted by molar-refractivity contribution is -0.0904. The van der Waals surface area contributed by atoms with Crippen molar-refractivity contribution in [3.63, 3.8) is 0 Å². The molecule has 6 atom stereocenters. The van der Waals surface area contributed by atoms with Gasteiger partial charge in [0.2, 0.25) is 0 Å². The van der Waals surface area contributed by atoms with Crippen molar-refractivity contribution in [1.29, 1.82) is 0 Å². The minimum atomic E-state index is -0.204. The summed E-state index contributed by atoms with van der Waals surface area (Å²) in [5.41, 5.74) is 8.96. The van der Waals surface area contributed by atoms with Gasteiger partial charge in [0.25, 0.3) is 0 Å². The number of carbonyl (C=O) groups is 1. The zero-order valence-electron chi connectivity index (χ0n) is 17.7. The molecule has 0 aliphatic heterocycles. The third-order valence-corrected chi connectivity index (χ3v) is 10.5. The Morgan fingerprint density at radius 2 is 1.96 bits per heavy atom. The monoisotopic (exact) mass is 401 g/mol. The molecule has 0 spiro atoms. The molecule has 6 unspecified atom stereocenters. The quantitative estimate of drug-likeness (QED) is 0.623. The van der Waals surface area contributed by atoms with Gasteiger partial charge in [-0.1, -0.05) is 26.7 Å². The molecule has 3 fully saturated rings. The molecule has 154 valence electrons. The van der Waals surface area contributed by atoms with Crippen LogP contribution in [0.4, 0.5) is 5.00 Å². The van der Waals surface area contributed by atoms with Crippen LogP contribution in [0.3, 0.4) is 0 Å². The maximum atomic E-state index is 12.7. The van der Waals surface area contributed by atoms with E-state index >= 15 is 0 Å². The Morgan fingerprint density at radius 1 is 1.14 bits per heavy atom. The molecular formula is C24H35NO2S. The fourth-order valence-electron chi connectivity index (χ4n) is 8.15. The topological polar surface area (TPSA) is 52.3 Å². The van der Waals surface area contributed by atoms with E-state index < -0.39 is 0 Å². The Bertz CT molecular complexity index is 801. The van der Waals surface area contributed by atoms with Gasteiger partial charge in [0.05, 0.1) is 12.2 Å². The first-order valence-electron chi connectivity index (χ1n) is 11.5. The van der Waals surface area contributed by atoms with Crippen LogP contribution in [0, 0.1) is 29.1 Å². The Balaban J connectivity index is 1.51. The summed E-state index contributed by atoms with van der Waals surface area (Å²) in [4.78, 5) is 14.1. The maximum Gasteiger partial charge on any atom is 0.341 e. The summed E-state index contributed by atoms with van der Waals surface area (Å²) < 4.78 is 5.40. The van der Waals surface area contributed by atoms with Gasteiger partial charge in [-0.25, -0.2) is 4.79 Å². The number of carbonyl (C=O) groups excluding carboxylic acids is 1. The number of anilines is 1. The highest BCUT2D eigenvalue weighted by atomic mass is 32.1. The van der Waals surface area contributed by atoms with Gasteiger partial charge in [0, 0.05) is 4.88 Å². The molecule has 3 saturated carbocycles. The second-order valence-electron chi connectivity index (χ2n) is 10.4. The molecule has 1 aromatic heterocycles. The lowest BCUT2D eigenvalue weighted by atomic mass is 9.45. The summed E-state index contributed by atoms with van der Waals surface area (Å²) >= 11 is 1.66. The maximum absolute atomic E-state index is 12.7. The van der Waals surface area contributed by atoms with E-state index in [1.807, 2.05) is 6.92 Å². The fraction of sp³-hybridized carbons (Fsp3) is 0.792. The summed E-state index contributed by atoms with van der Waals surface area (Å²) in [5, 5.41) is 0.674. The van der Waals surface area contributed by atoms with Gasteiger partial charge in [-0.15, -0.1) is 11.3 Å². The summed E-state index contributed by atoms with van der Waals surface area (Å²) in [6.45, 7) is 7.35. The second-order valence-corrected chi connectivity index (χ2v) is 11.6. The minimum absolute atomic E-state index is 0.102. The molecule has 0 saturated heterocycles. The van der Waals surface area contributed by atoms with E-state index in [0.29, 0.717) is 28.5 Å². The SMILES string of the molecule is CCOC(=O)c1c(N)sc2c1C1(C)CCC3C(CCC4CCCCC43C)C1C2. The first-order valence-corrected chi connectivity index (χ1v) is 12.3. The van der Waals surface area contributed by atoms with Gasteiger partial charge in [0.1, 0.15) is 5.00 Å². The van der Waals surface area contributed by atoms with E-state index in [0.717, 1.165) is 24.2 Å². The van der Waals surface area contributed by atoms with Gasteiger partial charge in [-0.3, -0.25) is 0 Å². The molecule has 4 aliphatic carbocycles. The molecular weight excluding hydrogens is 366 g/mol. The van der Waals surface area contributed by atoms with Gasteiger partial charge in [0.15, 0.2) is 0 Å². The van der Waals surface area contributed by atoms with Gasteiger partial charge in [-0.2, -0.15) is 0 Å². The van der Waals surface area contributed by atoms with E-state index in [4.69, 9.17) is 10.5 Å².